The highest BCUT2D eigenvalue weighted by molar-refractivity contribution is 8.00. The van der Waals surface area contributed by atoms with Gasteiger partial charge in [-0.15, -0.1) is 22.0 Å². The van der Waals surface area contributed by atoms with Crippen LogP contribution in [0.1, 0.15) is 128 Å². The molecule has 7 atom stereocenters. The van der Waals surface area contributed by atoms with Gasteiger partial charge in [-0.05, 0) is 142 Å². The van der Waals surface area contributed by atoms with Gasteiger partial charge in [0.15, 0.2) is 11.5 Å². The molecule has 1 aromatic heterocycles. The van der Waals surface area contributed by atoms with Gasteiger partial charge in [0.2, 0.25) is 0 Å². The molecule has 64 heavy (non-hydrogen) atoms. The third-order valence-electron chi connectivity index (χ3n) is 14.5. The van der Waals surface area contributed by atoms with E-state index in [1.807, 2.05) is 44.2 Å². The van der Waals surface area contributed by atoms with Crippen molar-refractivity contribution < 1.29 is 20.4 Å². The quantitative estimate of drug-likeness (QED) is 0.161. The molecule has 346 valence electrons. The number of benzene rings is 2. The van der Waals surface area contributed by atoms with Crippen LogP contribution >= 0.6 is 11.8 Å². The number of hydrogen-bond donors (Lipinski definition) is 3. The lowest BCUT2D eigenvalue weighted by molar-refractivity contribution is -0.0239. The van der Waals surface area contributed by atoms with Gasteiger partial charge in [0, 0.05) is 44.5 Å². The second kappa shape index (κ2) is 20.5. The molecule has 6 aliphatic rings. The maximum atomic E-state index is 13.2. The highest BCUT2D eigenvalue weighted by Gasteiger charge is 2.53. The first-order valence-corrected chi connectivity index (χ1v) is 25.0. The number of nitrogens with one attached hydrogen (secondary N) is 3. The zero-order chi connectivity index (χ0) is 45.0. The van der Waals surface area contributed by atoms with Crippen molar-refractivity contribution >= 4 is 29.2 Å². The van der Waals surface area contributed by atoms with Crippen molar-refractivity contribution in [2.24, 2.45) is 22.2 Å². The molecule has 2 saturated carbocycles. The van der Waals surface area contributed by atoms with E-state index in [-0.39, 0.29) is 49.4 Å². The summed E-state index contributed by atoms with van der Waals surface area (Å²) >= 11 is 2.07. The fraction of sp³-hybridized carbons (Fsp3) is 0.620. The summed E-state index contributed by atoms with van der Waals surface area (Å²) in [5, 5.41) is 22.4. The van der Waals surface area contributed by atoms with E-state index in [2.05, 4.69) is 106 Å². The number of aliphatic imine (C=N–C) groups is 1. The van der Waals surface area contributed by atoms with E-state index < -0.39 is 0 Å². The van der Waals surface area contributed by atoms with Gasteiger partial charge in [0.1, 0.15) is 23.7 Å². The number of anilines is 1. The molecular formula is C50H71N9O4S. The first-order chi connectivity index (χ1) is 31.1. The van der Waals surface area contributed by atoms with Crippen molar-refractivity contribution in [3.05, 3.63) is 77.0 Å². The van der Waals surface area contributed by atoms with Crippen molar-refractivity contribution in [2.45, 2.75) is 153 Å². The highest BCUT2D eigenvalue weighted by Crippen LogP contribution is 2.51. The predicted octanol–water partition coefficient (Wildman–Crippen LogP) is 8.13. The van der Waals surface area contributed by atoms with Crippen LogP contribution in [-0.4, -0.2) is 101 Å². The summed E-state index contributed by atoms with van der Waals surface area (Å²) in [6, 6.07) is 20.6. The molecule has 6 unspecified atom stereocenters. The van der Waals surface area contributed by atoms with E-state index in [1.54, 1.807) is 7.11 Å². The Balaban J connectivity index is 0.00000207. The minimum Gasteiger partial charge on any atom is -0.490 e. The van der Waals surface area contributed by atoms with Crippen molar-refractivity contribution in [1.29, 1.82) is 5.26 Å². The van der Waals surface area contributed by atoms with Gasteiger partial charge in [-0.25, -0.2) is 10.9 Å². The Labute approximate surface area is 386 Å². The van der Waals surface area contributed by atoms with Gasteiger partial charge in [0.25, 0.3) is 5.91 Å². The number of carbonyl (C=O) groups is 1. The number of amides is 1. The molecule has 4 aliphatic heterocycles. The Morgan fingerprint density at radius 3 is 2.44 bits per heavy atom. The van der Waals surface area contributed by atoms with Gasteiger partial charge in [-0.3, -0.25) is 14.7 Å². The number of nitriles is 1. The number of thioether (sulfide) groups is 1. The van der Waals surface area contributed by atoms with Crippen molar-refractivity contribution in [2.75, 3.05) is 31.7 Å². The highest BCUT2D eigenvalue weighted by atomic mass is 32.2. The smallest absolute Gasteiger partial charge is 0.272 e. The van der Waals surface area contributed by atoms with E-state index in [9.17, 15) is 10.1 Å². The normalized spacial score (nSPS) is 32.2. The lowest BCUT2D eigenvalue weighted by Gasteiger charge is -2.52. The standard InChI is InChI=1S/C48H63N9O4S.C2H6.H2/c1-6-8-33-23-38(16-11-34(33)26-49)60-37-17-12-35(13-18-37)50-46(58)40-19-20-42(54-53-40)56-22-7-21-48(28-56)24-39(25-48)61-36-14-9-32(10-15-36)44-43-29(2)30(3)62-47(43)57-31(4)52-55-45(57)41(51-44)27-59-5;1-2;/h9-11,14-16,19-20,23,29-31,35,37,39,41,43,45,47,52,55H,6-8,12-13,17-18,21-22,24-25,27-28H2,1-5H3,(H,50,58);1-2H3;1H/t29?,30?,31?,35?,37?,39?,41-,43?,45?,47?,48?;;/m0../s1. The number of piperidine rings is 1. The monoisotopic (exact) mass is 894 g/mol. The van der Waals surface area contributed by atoms with E-state index in [4.69, 9.17) is 19.2 Å². The average Bonchev–Trinajstić information content (AvgIpc) is 3.79. The largest absolute Gasteiger partial charge is 0.490 e. The van der Waals surface area contributed by atoms with Crippen LogP contribution in [0.2, 0.25) is 0 Å². The van der Waals surface area contributed by atoms with Crippen molar-refractivity contribution in [1.82, 2.24) is 31.3 Å². The molecule has 14 heteroatoms. The summed E-state index contributed by atoms with van der Waals surface area (Å²) in [5.74, 6) is 3.17. The first kappa shape index (κ1) is 46.3. The van der Waals surface area contributed by atoms with Gasteiger partial charge in [-0.1, -0.05) is 41.0 Å². The fourth-order valence-electron chi connectivity index (χ4n) is 11.0. The molecule has 3 saturated heterocycles. The van der Waals surface area contributed by atoms with Crippen LogP contribution in [0.3, 0.4) is 0 Å². The number of aryl methyl sites for hydroxylation is 1. The van der Waals surface area contributed by atoms with Crippen LogP contribution in [0.5, 0.6) is 11.5 Å². The van der Waals surface area contributed by atoms with E-state index in [0.29, 0.717) is 40.3 Å². The number of hydrazine groups is 1. The van der Waals surface area contributed by atoms with Crippen LogP contribution in [0.15, 0.2) is 59.6 Å². The summed E-state index contributed by atoms with van der Waals surface area (Å²) in [6.45, 7) is 15.5. The maximum absolute atomic E-state index is 13.2. The molecule has 3 aromatic rings. The molecule has 1 amide bonds. The molecule has 5 heterocycles. The average molecular weight is 894 g/mol. The van der Waals surface area contributed by atoms with Crippen LogP contribution in [-0.2, 0) is 11.2 Å². The van der Waals surface area contributed by atoms with Gasteiger partial charge in [-0.2, -0.15) is 5.26 Å². The summed E-state index contributed by atoms with van der Waals surface area (Å²) < 4.78 is 18.6. The molecule has 5 fully saturated rings. The van der Waals surface area contributed by atoms with Crippen LogP contribution in [0, 0.1) is 28.6 Å². The van der Waals surface area contributed by atoms with E-state index in [0.717, 1.165) is 93.8 Å². The molecular weight excluding hydrogens is 823 g/mol. The number of aromatic nitrogens is 2. The molecule has 0 bridgehead atoms. The molecule has 9 rings (SSSR count). The molecule has 1 spiro atoms. The Morgan fingerprint density at radius 1 is 0.984 bits per heavy atom. The van der Waals surface area contributed by atoms with E-state index in [1.165, 1.54) is 17.7 Å². The third kappa shape index (κ3) is 9.80. The molecule has 2 aliphatic carbocycles. The van der Waals surface area contributed by atoms with Crippen LogP contribution < -0.4 is 30.5 Å². The SMILES string of the molecule is CC.CCCc1cc(OC2CCC(NC(=O)c3ccc(N4CCCC5(CC(Oc6ccc(C7=N[C@@H](COC)C8NNC(C)N8C8SC(C)C(C)C78)cc6)C5)C4)nn3)CC2)ccc1C#N.[HH]. The number of rotatable bonds is 12. The lowest BCUT2D eigenvalue weighted by atomic mass is 9.62. The fourth-order valence-corrected chi connectivity index (χ4v) is 12.9. The number of fused-ring (bicyclic) bond motifs is 3. The molecule has 3 N–H and O–H groups in total. The Bertz CT molecular complexity index is 2130. The molecule has 2 aromatic carbocycles. The van der Waals surface area contributed by atoms with Gasteiger partial charge >= 0.3 is 0 Å². The number of nitrogens with zero attached hydrogens (tertiary/aromatic N) is 6. The summed E-state index contributed by atoms with van der Waals surface area (Å²) in [6.07, 6.45) is 10.1. The predicted molar refractivity (Wildman–Crippen MR) is 256 cm³/mol. The van der Waals surface area contributed by atoms with Crippen molar-refractivity contribution in [3.8, 4) is 17.6 Å². The Kier molecular flexibility index (Phi) is 14.8. The zero-order valence-electron chi connectivity index (χ0n) is 38.9. The Morgan fingerprint density at radius 2 is 1.73 bits per heavy atom. The molecule has 0 radical (unpaired) electrons. The van der Waals surface area contributed by atoms with Crippen LogP contribution in [0.25, 0.3) is 0 Å². The number of carbonyl (C=O) groups excluding carboxylic acids is 1. The van der Waals surface area contributed by atoms with E-state index >= 15 is 0 Å². The van der Waals surface area contributed by atoms with Gasteiger partial charge in [0.05, 0.1) is 42.0 Å². The number of ether oxygens (including phenoxy) is 3. The minimum absolute atomic E-state index is 0. The Hall–Kier alpha value is -4.26. The zero-order valence-corrected chi connectivity index (χ0v) is 39.7. The third-order valence-corrected chi connectivity index (χ3v) is 16.1. The van der Waals surface area contributed by atoms with Crippen LogP contribution in [0.4, 0.5) is 5.82 Å². The minimum atomic E-state index is -0.181. The summed E-state index contributed by atoms with van der Waals surface area (Å²) in [7, 11) is 1.76. The van der Waals surface area contributed by atoms with Gasteiger partial charge < -0.3 is 24.4 Å². The number of methoxy groups -OCH3 is 1. The maximum Gasteiger partial charge on any atom is 0.272 e. The summed E-state index contributed by atoms with van der Waals surface area (Å²) in [5.41, 5.74) is 11.6. The summed E-state index contributed by atoms with van der Waals surface area (Å²) in [4.78, 5) is 23.6. The topological polar surface area (TPSA) is 149 Å². The second-order valence-electron chi connectivity index (χ2n) is 18.7. The number of hydrogen-bond acceptors (Lipinski definition) is 13. The lowest BCUT2D eigenvalue weighted by Crippen LogP contribution is -2.54. The molecule has 13 nitrogen and oxygen atoms in total. The first-order valence-electron chi connectivity index (χ1n) is 24.0. The van der Waals surface area contributed by atoms with Crippen molar-refractivity contribution in [3.63, 3.8) is 0 Å². The second-order valence-corrected chi connectivity index (χ2v) is 20.2.